The number of methoxy groups -OCH3 is 1. The largest absolute Gasteiger partial charge is 0.497 e. The standard InChI is InChI=1S/C19H19N3O3/c1-22(2)18-15(9-10-16(21-18)17-8-5-11-25-17)19(23)20-13-6-4-7-14(12-13)24-3/h4-12H,1-3H3,(H,20,23). The number of carbonyl (C=O) groups is 1. The fraction of sp³-hybridized carbons (Fsp3) is 0.158. The van der Waals surface area contributed by atoms with Crippen LogP contribution in [0.5, 0.6) is 5.75 Å². The Morgan fingerprint density at radius 2 is 2.00 bits per heavy atom. The molecule has 2 aromatic heterocycles. The minimum Gasteiger partial charge on any atom is -0.497 e. The summed E-state index contributed by atoms with van der Waals surface area (Å²) < 4.78 is 10.6. The average Bonchev–Trinajstić information content (AvgIpc) is 3.16. The van der Waals surface area contributed by atoms with Gasteiger partial charge in [-0.1, -0.05) is 6.07 Å². The van der Waals surface area contributed by atoms with Gasteiger partial charge in [0.2, 0.25) is 0 Å². The second-order valence-electron chi connectivity index (χ2n) is 5.63. The molecule has 0 atom stereocenters. The Balaban J connectivity index is 1.91. The van der Waals surface area contributed by atoms with E-state index in [2.05, 4.69) is 10.3 Å². The molecule has 0 spiro atoms. The molecule has 1 amide bonds. The van der Waals surface area contributed by atoms with E-state index in [0.717, 1.165) is 0 Å². The van der Waals surface area contributed by atoms with Crippen LogP contribution in [0.2, 0.25) is 0 Å². The van der Waals surface area contributed by atoms with Crippen LogP contribution in [0.25, 0.3) is 11.5 Å². The zero-order valence-corrected chi connectivity index (χ0v) is 14.3. The van der Waals surface area contributed by atoms with E-state index in [4.69, 9.17) is 9.15 Å². The Labute approximate surface area is 146 Å². The number of nitrogens with zero attached hydrogens (tertiary/aromatic N) is 2. The molecule has 0 saturated heterocycles. The topological polar surface area (TPSA) is 67.6 Å². The summed E-state index contributed by atoms with van der Waals surface area (Å²) in [5, 5.41) is 2.87. The van der Waals surface area contributed by atoms with Gasteiger partial charge in [-0.2, -0.15) is 0 Å². The van der Waals surface area contributed by atoms with Crippen molar-refractivity contribution < 1.29 is 13.9 Å². The smallest absolute Gasteiger partial charge is 0.259 e. The Morgan fingerprint density at radius 1 is 1.16 bits per heavy atom. The van der Waals surface area contributed by atoms with Crippen molar-refractivity contribution in [2.24, 2.45) is 0 Å². The van der Waals surface area contributed by atoms with E-state index >= 15 is 0 Å². The molecule has 0 aliphatic heterocycles. The van der Waals surface area contributed by atoms with Gasteiger partial charge in [-0.25, -0.2) is 4.98 Å². The Bertz CT molecular complexity index is 873. The number of furan rings is 1. The van der Waals surface area contributed by atoms with Gasteiger partial charge in [0.05, 0.1) is 18.9 Å². The van der Waals surface area contributed by atoms with Crippen LogP contribution in [0.1, 0.15) is 10.4 Å². The lowest BCUT2D eigenvalue weighted by Gasteiger charge is -2.17. The number of ether oxygens (including phenoxy) is 1. The van der Waals surface area contributed by atoms with Gasteiger partial charge in [0.25, 0.3) is 5.91 Å². The number of rotatable bonds is 5. The highest BCUT2D eigenvalue weighted by molar-refractivity contribution is 6.07. The molecule has 6 heteroatoms. The van der Waals surface area contributed by atoms with Gasteiger partial charge in [0.15, 0.2) is 5.76 Å². The second-order valence-corrected chi connectivity index (χ2v) is 5.63. The maximum Gasteiger partial charge on any atom is 0.259 e. The first-order valence-corrected chi connectivity index (χ1v) is 7.76. The number of aromatic nitrogens is 1. The fourth-order valence-corrected chi connectivity index (χ4v) is 2.43. The minimum absolute atomic E-state index is 0.240. The summed E-state index contributed by atoms with van der Waals surface area (Å²) in [6.45, 7) is 0. The van der Waals surface area contributed by atoms with Crippen LogP contribution >= 0.6 is 0 Å². The number of amides is 1. The van der Waals surface area contributed by atoms with Crippen LogP contribution in [0, 0.1) is 0 Å². The molecule has 0 bridgehead atoms. The zero-order valence-electron chi connectivity index (χ0n) is 14.3. The second kappa shape index (κ2) is 7.09. The SMILES string of the molecule is COc1cccc(NC(=O)c2ccc(-c3ccco3)nc2N(C)C)c1. The van der Waals surface area contributed by atoms with Gasteiger partial charge in [0, 0.05) is 25.8 Å². The van der Waals surface area contributed by atoms with E-state index in [-0.39, 0.29) is 5.91 Å². The summed E-state index contributed by atoms with van der Waals surface area (Å²) in [6.07, 6.45) is 1.59. The van der Waals surface area contributed by atoms with Gasteiger partial charge < -0.3 is 19.4 Å². The van der Waals surface area contributed by atoms with Crippen LogP contribution in [-0.4, -0.2) is 32.1 Å². The van der Waals surface area contributed by atoms with Crippen LogP contribution < -0.4 is 15.0 Å². The first-order valence-electron chi connectivity index (χ1n) is 7.76. The minimum atomic E-state index is -0.240. The van der Waals surface area contributed by atoms with Gasteiger partial charge in [-0.3, -0.25) is 4.79 Å². The maximum absolute atomic E-state index is 12.7. The fourth-order valence-electron chi connectivity index (χ4n) is 2.43. The highest BCUT2D eigenvalue weighted by atomic mass is 16.5. The van der Waals surface area contributed by atoms with Gasteiger partial charge in [-0.15, -0.1) is 0 Å². The van der Waals surface area contributed by atoms with Crippen molar-refractivity contribution in [1.82, 2.24) is 4.98 Å². The average molecular weight is 337 g/mol. The number of hydrogen-bond donors (Lipinski definition) is 1. The third-order valence-electron chi connectivity index (χ3n) is 3.64. The monoisotopic (exact) mass is 337 g/mol. The zero-order chi connectivity index (χ0) is 17.8. The summed E-state index contributed by atoms with van der Waals surface area (Å²) in [5.74, 6) is 1.66. The number of hydrogen-bond acceptors (Lipinski definition) is 5. The van der Waals surface area contributed by atoms with Crippen LogP contribution in [0.4, 0.5) is 11.5 Å². The molecule has 25 heavy (non-hydrogen) atoms. The molecule has 1 N–H and O–H groups in total. The van der Waals surface area contributed by atoms with Crippen molar-refractivity contribution >= 4 is 17.4 Å². The first kappa shape index (κ1) is 16.6. The van der Waals surface area contributed by atoms with Crippen molar-refractivity contribution in [2.75, 3.05) is 31.4 Å². The van der Waals surface area contributed by atoms with E-state index < -0.39 is 0 Å². The quantitative estimate of drug-likeness (QED) is 0.769. The van der Waals surface area contributed by atoms with Gasteiger partial charge in [-0.05, 0) is 36.4 Å². The summed E-state index contributed by atoms with van der Waals surface area (Å²) in [7, 11) is 5.27. The molecular weight excluding hydrogens is 318 g/mol. The molecule has 0 aliphatic rings. The van der Waals surface area contributed by atoms with E-state index in [9.17, 15) is 4.79 Å². The molecule has 0 unspecified atom stereocenters. The molecule has 3 aromatic rings. The van der Waals surface area contributed by atoms with E-state index in [1.54, 1.807) is 48.6 Å². The molecule has 6 nitrogen and oxygen atoms in total. The first-order chi connectivity index (χ1) is 12.1. The molecule has 0 radical (unpaired) electrons. The van der Waals surface area contributed by atoms with Crippen molar-refractivity contribution in [3.63, 3.8) is 0 Å². The molecule has 3 rings (SSSR count). The highest BCUT2D eigenvalue weighted by Gasteiger charge is 2.17. The summed E-state index contributed by atoms with van der Waals surface area (Å²) in [6, 6.07) is 14.4. The van der Waals surface area contributed by atoms with Crippen molar-refractivity contribution in [2.45, 2.75) is 0 Å². The number of pyridine rings is 1. The Hall–Kier alpha value is -3.28. The lowest BCUT2D eigenvalue weighted by atomic mass is 10.1. The molecule has 2 heterocycles. The molecule has 1 aromatic carbocycles. The Morgan fingerprint density at radius 3 is 2.68 bits per heavy atom. The van der Waals surface area contributed by atoms with Crippen molar-refractivity contribution in [3.05, 3.63) is 60.4 Å². The van der Waals surface area contributed by atoms with E-state index in [1.165, 1.54) is 0 Å². The third-order valence-corrected chi connectivity index (χ3v) is 3.64. The summed E-state index contributed by atoms with van der Waals surface area (Å²) >= 11 is 0. The molecular formula is C19H19N3O3. The van der Waals surface area contributed by atoms with Gasteiger partial charge in [0.1, 0.15) is 17.3 Å². The van der Waals surface area contributed by atoms with E-state index in [0.29, 0.717) is 34.3 Å². The van der Waals surface area contributed by atoms with Crippen LogP contribution in [0.3, 0.4) is 0 Å². The predicted octanol–water partition coefficient (Wildman–Crippen LogP) is 3.67. The van der Waals surface area contributed by atoms with Gasteiger partial charge >= 0.3 is 0 Å². The third kappa shape index (κ3) is 3.63. The molecule has 0 saturated carbocycles. The lowest BCUT2D eigenvalue weighted by Crippen LogP contribution is -2.20. The lowest BCUT2D eigenvalue weighted by molar-refractivity contribution is 0.102. The number of nitrogens with one attached hydrogen (secondary N) is 1. The van der Waals surface area contributed by atoms with Crippen molar-refractivity contribution in [1.29, 1.82) is 0 Å². The van der Waals surface area contributed by atoms with Crippen molar-refractivity contribution in [3.8, 4) is 17.2 Å². The maximum atomic E-state index is 12.7. The predicted molar refractivity (Wildman–Crippen MR) is 97.2 cm³/mol. The summed E-state index contributed by atoms with van der Waals surface area (Å²) in [4.78, 5) is 19.1. The summed E-state index contributed by atoms with van der Waals surface area (Å²) in [5.41, 5.74) is 1.80. The molecule has 128 valence electrons. The number of carbonyl (C=O) groups excluding carboxylic acids is 1. The molecule has 0 aliphatic carbocycles. The Kier molecular flexibility index (Phi) is 4.70. The normalized spacial score (nSPS) is 10.4. The van der Waals surface area contributed by atoms with E-state index in [1.807, 2.05) is 32.3 Å². The number of benzene rings is 1. The van der Waals surface area contributed by atoms with Crippen LogP contribution in [0.15, 0.2) is 59.2 Å². The molecule has 0 fully saturated rings. The highest BCUT2D eigenvalue weighted by Crippen LogP contribution is 2.25. The van der Waals surface area contributed by atoms with Crippen LogP contribution in [-0.2, 0) is 0 Å². The number of anilines is 2.